The van der Waals surface area contributed by atoms with Crippen molar-refractivity contribution in [3.63, 3.8) is 0 Å². The summed E-state index contributed by atoms with van der Waals surface area (Å²) in [4.78, 5) is 16.3. The van der Waals surface area contributed by atoms with Crippen LogP contribution < -0.4 is 5.32 Å². The molecule has 0 radical (unpaired) electrons. The maximum absolute atomic E-state index is 12.5. The van der Waals surface area contributed by atoms with Gasteiger partial charge in [-0.2, -0.15) is 0 Å². The molecule has 4 rings (SSSR count). The van der Waals surface area contributed by atoms with Crippen molar-refractivity contribution in [2.75, 3.05) is 18.4 Å². The number of nitrogens with zero attached hydrogens (tertiary/aromatic N) is 1. The second-order valence-electron chi connectivity index (χ2n) is 6.47. The van der Waals surface area contributed by atoms with Gasteiger partial charge in [-0.25, -0.2) is 0 Å². The van der Waals surface area contributed by atoms with Gasteiger partial charge in [-0.3, -0.25) is 9.69 Å². The van der Waals surface area contributed by atoms with Crippen molar-refractivity contribution in [3.8, 4) is 0 Å². The van der Waals surface area contributed by atoms with Crippen LogP contribution in [-0.4, -0.2) is 23.9 Å². The summed E-state index contributed by atoms with van der Waals surface area (Å²) in [5, 5.41) is 6.12. The third-order valence-electron chi connectivity index (χ3n) is 4.74. The molecule has 1 aromatic carbocycles. The molecule has 0 spiro atoms. The molecular weight excluding hydrogens is 363 g/mol. The Morgan fingerprint density at radius 3 is 2.88 bits per heavy atom. The van der Waals surface area contributed by atoms with Gasteiger partial charge in [-0.1, -0.05) is 23.2 Å². The molecule has 2 heterocycles. The van der Waals surface area contributed by atoms with Crippen molar-refractivity contribution < 1.29 is 4.79 Å². The number of nitrogens with one attached hydrogen (secondary N) is 1. The molecule has 1 atom stereocenters. The molecule has 1 aromatic heterocycles. The highest BCUT2D eigenvalue weighted by Crippen LogP contribution is 2.48. The number of benzene rings is 1. The lowest BCUT2D eigenvalue weighted by molar-refractivity contribution is -0.118. The molecule has 1 aliphatic carbocycles. The largest absolute Gasteiger partial charge is 0.324 e. The van der Waals surface area contributed by atoms with Gasteiger partial charge >= 0.3 is 0 Å². The van der Waals surface area contributed by atoms with Crippen LogP contribution in [-0.2, 0) is 11.2 Å². The summed E-state index contributed by atoms with van der Waals surface area (Å²) in [5.41, 5.74) is 2.05. The fourth-order valence-corrected chi connectivity index (χ4v) is 4.87. The van der Waals surface area contributed by atoms with Crippen molar-refractivity contribution in [1.29, 1.82) is 0 Å². The van der Waals surface area contributed by atoms with E-state index in [4.69, 9.17) is 23.2 Å². The Balaban J connectivity index is 1.47. The van der Waals surface area contributed by atoms with E-state index in [0.717, 1.165) is 13.0 Å². The van der Waals surface area contributed by atoms with Gasteiger partial charge < -0.3 is 5.32 Å². The first kappa shape index (κ1) is 16.4. The van der Waals surface area contributed by atoms with E-state index in [9.17, 15) is 4.79 Å². The van der Waals surface area contributed by atoms with E-state index in [2.05, 4.69) is 21.7 Å². The van der Waals surface area contributed by atoms with Crippen molar-refractivity contribution in [3.05, 3.63) is 50.1 Å². The highest BCUT2D eigenvalue weighted by molar-refractivity contribution is 7.10. The Labute approximate surface area is 155 Å². The molecular formula is C18H18Cl2N2OS. The predicted molar refractivity (Wildman–Crippen MR) is 100 cm³/mol. The molecule has 126 valence electrons. The van der Waals surface area contributed by atoms with E-state index in [0.29, 0.717) is 34.2 Å². The van der Waals surface area contributed by atoms with Gasteiger partial charge in [0.05, 0.1) is 17.3 Å². The number of carbonyl (C=O) groups excluding carboxylic acids is 1. The van der Waals surface area contributed by atoms with Crippen LogP contribution >= 0.6 is 34.5 Å². The first-order chi connectivity index (χ1) is 11.6. The van der Waals surface area contributed by atoms with E-state index in [1.54, 1.807) is 18.2 Å². The number of hydrogen-bond donors (Lipinski definition) is 1. The van der Waals surface area contributed by atoms with Crippen molar-refractivity contribution >= 4 is 46.1 Å². The summed E-state index contributed by atoms with van der Waals surface area (Å²) in [6.07, 6.45) is 3.56. The highest BCUT2D eigenvalue weighted by atomic mass is 35.5. The summed E-state index contributed by atoms with van der Waals surface area (Å²) in [6.45, 7) is 1.34. The smallest absolute Gasteiger partial charge is 0.238 e. The quantitative estimate of drug-likeness (QED) is 0.808. The number of thiophene rings is 1. The average molecular weight is 381 g/mol. The average Bonchev–Trinajstić information content (AvgIpc) is 3.26. The van der Waals surface area contributed by atoms with Gasteiger partial charge in [0.15, 0.2) is 0 Å². The van der Waals surface area contributed by atoms with Crippen LogP contribution in [0.2, 0.25) is 10.0 Å². The number of rotatable bonds is 4. The molecule has 0 bridgehead atoms. The fourth-order valence-electron chi connectivity index (χ4n) is 3.50. The third-order valence-corrected chi connectivity index (χ3v) is 6.28. The first-order valence-corrected chi connectivity index (χ1v) is 9.80. The zero-order valence-corrected chi connectivity index (χ0v) is 15.4. The van der Waals surface area contributed by atoms with Crippen LogP contribution in [0.15, 0.2) is 29.6 Å². The molecule has 1 aliphatic heterocycles. The van der Waals surface area contributed by atoms with Crippen LogP contribution in [0.3, 0.4) is 0 Å². The third kappa shape index (κ3) is 3.33. The summed E-state index contributed by atoms with van der Waals surface area (Å²) >= 11 is 13.9. The number of fused-ring (bicyclic) bond motifs is 1. The van der Waals surface area contributed by atoms with Crippen LogP contribution in [0.5, 0.6) is 0 Å². The maximum atomic E-state index is 12.5. The Bertz CT molecular complexity index is 772. The molecule has 1 amide bonds. The van der Waals surface area contributed by atoms with Crippen LogP contribution in [0.1, 0.15) is 29.3 Å². The number of carbonyl (C=O) groups is 1. The lowest BCUT2D eigenvalue weighted by Crippen LogP contribution is -2.41. The molecule has 2 aliphatic rings. The molecule has 1 N–H and O–H groups in total. The van der Waals surface area contributed by atoms with E-state index < -0.39 is 0 Å². The lowest BCUT2D eigenvalue weighted by Gasteiger charge is -2.35. The Morgan fingerprint density at radius 2 is 2.12 bits per heavy atom. The first-order valence-electron chi connectivity index (χ1n) is 8.17. The maximum Gasteiger partial charge on any atom is 0.238 e. The fraction of sp³-hybridized carbons (Fsp3) is 0.389. The Hall–Kier alpha value is -1.07. The molecule has 1 saturated carbocycles. The lowest BCUT2D eigenvalue weighted by atomic mass is 9.96. The summed E-state index contributed by atoms with van der Waals surface area (Å²) < 4.78 is 0. The van der Waals surface area contributed by atoms with Crippen molar-refractivity contribution in [2.24, 2.45) is 5.92 Å². The molecule has 24 heavy (non-hydrogen) atoms. The van der Waals surface area contributed by atoms with Gasteiger partial charge in [0.2, 0.25) is 5.91 Å². The summed E-state index contributed by atoms with van der Waals surface area (Å²) in [6, 6.07) is 7.75. The van der Waals surface area contributed by atoms with E-state index in [-0.39, 0.29) is 5.91 Å². The van der Waals surface area contributed by atoms with Crippen LogP contribution in [0, 0.1) is 5.92 Å². The molecule has 6 heteroatoms. The second kappa shape index (κ2) is 6.68. The van der Waals surface area contributed by atoms with Gasteiger partial charge in [0.1, 0.15) is 0 Å². The second-order valence-corrected chi connectivity index (χ2v) is 8.32. The minimum atomic E-state index is -0.0245. The standard InChI is InChI=1S/C18H18Cl2N2OS/c19-12-3-4-15(14(20)9-12)21-17(23)10-22-7-5-16-13(6-8-24-16)18(22)11-1-2-11/h3-4,6,8-9,11,18H,1-2,5,7,10H2,(H,21,23)/t18-/m1/s1. The minimum Gasteiger partial charge on any atom is -0.324 e. The van der Waals surface area contributed by atoms with Gasteiger partial charge in [-0.15, -0.1) is 11.3 Å². The molecule has 1 fully saturated rings. The van der Waals surface area contributed by atoms with Crippen LogP contribution in [0.4, 0.5) is 5.69 Å². The number of halogens is 2. The summed E-state index contributed by atoms with van der Waals surface area (Å²) in [5.74, 6) is 0.675. The normalized spacial score (nSPS) is 20.7. The van der Waals surface area contributed by atoms with E-state index >= 15 is 0 Å². The molecule has 2 aromatic rings. The zero-order chi connectivity index (χ0) is 16.7. The molecule has 0 saturated heterocycles. The van der Waals surface area contributed by atoms with Crippen molar-refractivity contribution in [2.45, 2.75) is 25.3 Å². The Kier molecular flexibility index (Phi) is 4.56. The molecule has 3 nitrogen and oxygen atoms in total. The number of anilines is 1. The zero-order valence-electron chi connectivity index (χ0n) is 13.1. The van der Waals surface area contributed by atoms with Gasteiger partial charge in [0, 0.05) is 22.5 Å². The van der Waals surface area contributed by atoms with E-state index in [1.165, 1.54) is 23.3 Å². The SMILES string of the molecule is O=C(CN1CCc2sccc2[C@H]1C1CC1)Nc1ccc(Cl)cc1Cl. The number of hydrogen-bond acceptors (Lipinski definition) is 3. The van der Waals surface area contributed by atoms with Gasteiger partial charge in [0.25, 0.3) is 0 Å². The minimum absolute atomic E-state index is 0.0245. The number of amides is 1. The van der Waals surface area contributed by atoms with Gasteiger partial charge in [-0.05, 0) is 60.4 Å². The molecule has 0 unspecified atom stereocenters. The topological polar surface area (TPSA) is 32.3 Å². The Morgan fingerprint density at radius 1 is 1.29 bits per heavy atom. The van der Waals surface area contributed by atoms with E-state index in [1.807, 2.05) is 11.3 Å². The monoisotopic (exact) mass is 380 g/mol. The van der Waals surface area contributed by atoms with Crippen molar-refractivity contribution in [1.82, 2.24) is 4.90 Å². The predicted octanol–water partition coefficient (Wildman–Crippen LogP) is 5.00. The van der Waals surface area contributed by atoms with Crippen LogP contribution in [0.25, 0.3) is 0 Å². The summed E-state index contributed by atoms with van der Waals surface area (Å²) in [7, 11) is 0. The highest BCUT2D eigenvalue weighted by Gasteiger charge is 2.40.